The Bertz CT molecular complexity index is 662. The minimum atomic E-state index is -0.552. The summed E-state index contributed by atoms with van der Waals surface area (Å²) in [5.41, 5.74) is 3.33. The van der Waals surface area contributed by atoms with Gasteiger partial charge in [-0.3, -0.25) is 0 Å². The Kier molecular flexibility index (Phi) is 3.57. The molecule has 3 rings (SSSR count). The highest BCUT2D eigenvalue weighted by Crippen LogP contribution is 2.26. The Labute approximate surface area is 118 Å². The van der Waals surface area contributed by atoms with E-state index in [0.717, 1.165) is 17.4 Å². The molecule has 2 aromatic carbocycles. The van der Waals surface area contributed by atoms with Gasteiger partial charge in [-0.1, -0.05) is 48.0 Å². The van der Waals surface area contributed by atoms with Crippen molar-refractivity contribution in [1.29, 1.82) is 0 Å². The molecule has 20 heavy (non-hydrogen) atoms. The molecule has 0 saturated heterocycles. The lowest BCUT2D eigenvalue weighted by Gasteiger charge is -2.07. The van der Waals surface area contributed by atoms with Crippen LogP contribution in [0.15, 0.2) is 59.0 Å². The van der Waals surface area contributed by atoms with Gasteiger partial charge in [0.2, 0.25) is 0 Å². The highest BCUT2D eigenvalue weighted by molar-refractivity contribution is 5.77. The lowest BCUT2D eigenvalue weighted by molar-refractivity contribution is 0.143. The molecule has 1 unspecified atom stereocenters. The molecule has 2 heteroatoms. The van der Waals surface area contributed by atoms with E-state index < -0.39 is 6.10 Å². The van der Waals surface area contributed by atoms with Gasteiger partial charge in [-0.2, -0.15) is 0 Å². The van der Waals surface area contributed by atoms with Crippen LogP contribution in [0.4, 0.5) is 0 Å². The summed E-state index contributed by atoms with van der Waals surface area (Å²) in [5, 5.41) is 11.3. The van der Waals surface area contributed by atoms with Gasteiger partial charge in [0.05, 0.1) is 0 Å². The highest BCUT2D eigenvalue weighted by atomic mass is 16.4. The fourth-order valence-electron chi connectivity index (χ4n) is 2.37. The summed E-state index contributed by atoms with van der Waals surface area (Å²) in [4.78, 5) is 0. The molecule has 2 nitrogen and oxygen atoms in total. The molecule has 3 aromatic rings. The lowest BCUT2D eigenvalue weighted by Crippen LogP contribution is -1.98. The normalized spacial score (nSPS) is 12.7. The number of benzene rings is 2. The average molecular weight is 266 g/mol. The van der Waals surface area contributed by atoms with Crippen LogP contribution >= 0.6 is 0 Å². The van der Waals surface area contributed by atoms with Crippen LogP contribution in [0, 0.1) is 6.92 Å². The number of hydrogen-bond acceptors (Lipinski definition) is 2. The maximum Gasteiger partial charge on any atom is 0.134 e. The van der Waals surface area contributed by atoms with Gasteiger partial charge < -0.3 is 9.52 Å². The zero-order valence-corrected chi connectivity index (χ0v) is 11.5. The van der Waals surface area contributed by atoms with Gasteiger partial charge in [0.25, 0.3) is 0 Å². The molecule has 0 amide bonds. The number of aliphatic hydroxyl groups excluding tert-OH is 1. The number of rotatable bonds is 4. The van der Waals surface area contributed by atoms with Gasteiger partial charge in [0.1, 0.15) is 17.4 Å². The van der Waals surface area contributed by atoms with Crippen molar-refractivity contribution in [2.24, 2.45) is 0 Å². The molecule has 102 valence electrons. The van der Waals surface area contributed by atoms with E-state index in [1.807, 2.05) is 30.3 Å². The molecule has 1 aromatic heterocycles. The number of fused-ring (bicyclic) bond motifs is 1. The molecule has 0 fully saturated rings. The van der Waals surface area contributed by atoms with Crippen LogP contribution in [-0.2, 0) is 6.42 Å². The molecule has 1 heterocycles. The van der Waals surface area contributed by atoms with Gasteiger partial charge >= 0.3 is 0 Å². The van der Waals surface area contributed by atoms with Crippen molar-refractivity contribution < 1.29 is 9.52 Å². The second-order valence-electron chi connectivity index (χ2n) is 5.23. The molecular formula is C18H18O2. The quantitative estimate of drug-likeness (QED) is 0.759. The van der Waals surface area contributed by atoms with E-state index in [9.17, 15) is 5.11 Å². The summed E-state index contributed by atoms with van der Waals surface area (Å²) in [6.07, 6.45) is 0.963. The lowest BCUT2D eigenvalue weighted by atomic mass is 10.0. The van der Waals surface area contributed by atoms with Gasteiger partial charge in [0, 0.05) is 5.39 Å². The minimum Gasteiger partial charge on any atom is -0.458 e. The Morgan fingerprint density at radius 1 is 1.05 bits per heavy atom. The van der Waals surface area contributed by atoms with E-state index in [2.05, 4.69) is 31.2 Å². The van der Waals surface area contributed by atoms with Crippen molar-refractivity contribution in [2.45, 2.75) is 25.9 Å². The van der Waals surface area contributed by atoms with Gasteiger partial charge in [-0.05, 0) is 37.5 Å². The van der Waals surface area contributed by atoms with Crippen LogP contribution in [0.25, 0.3) is 11.0 Å². The second-order valence-corrected chi connectivity index (χ2v) is 5.23. The van der Waals surface area contributed by atoms with Crippen molar-refractivity contribution in [1.82, 2.24) is 0 Å². The molecule has 0 aliphatic heterocycles. The van der Waals surface area contributed by atoms with E-state index in [1.165, 1.54) is 11.1 Å². The SMILES string of the molecule is Cc1ccc(CCC(O)c2cc3ccccc3o2)cc1. The summed E-state index contributed by atoms with van der Waals surface area (Å²) in [6, 6.07) is 18.2. The number of hydrogen-bond donors (Lipinski definition) is 1. The van der Waals surface area contributed by atoms with E-state index in [1.54, 1.807) is 0 Å². The minimum absolute atomic E-state index is 0.552. The summed E-state index contributed by atoms with van der Waals surface area (Å²) >= 11 is 0. The van der Waals surface area contributed by atoms with Gasteiger partial charge in [0.15, 0.2) is 0 Å². The zero-order chi connectivity index (χ0) is 13.9. The number of furan rings is 1. The number of para-hydroxylation sites is 1. The first-order chi connectivity index (χ1) is 9.72. The summed E-state index contributed by atoms with van der Waals surface area (Å²) in [6.45, 7) is 2.08. The van der Waals surface area contributed by atoms with Gasteiger partial charge in [-0.15, -0.1) is 0 Å². The Balaban J connectivity index is 1.69. The Hall–Kier alpha value is -2.06. The third-order valence-corrected chi connectivity index (χ3v) is 3.60. The van der Waals surface area contributed by atoms with E-state index in [-0.39, 0.29) is 0 Å². The zero-order valence-electron chi connectivity index (χ0n) is 11.5. The summed E-state index contributed by atoms with van der Waals surface area (Å²) in [7, 11) is 0. The maximum absolute atomic E-state index is 10.2. The van der Waals surface area contributed by atoms with Crippen LogP contribution in [0.2, 0.25) is 0 Å². The third kappa shape index (κ3) is 2.75. The van der Waals surface area contributed by atoms with Crippen molar-refractivity contribution in [3.05, 3.63) is 71.5 Å². The molecule has 0 bridgehead atoms. The average Bonchev–Trinajstić information content (AvgIpc) is 2.90. The molecule has 1 atom stereocenters. The first-order valence-corrected chi connectivity index (χ1v) is 6.94. The van der Waals surface area contributed by atoms with E-state index in [0.29, 0.717) is 12.2 Å². The summed E-state index contributed by atoms with van der Waals surface area (Å²) in [5.74, 6) is 0.651. The van der Waals surface area contributed by atoms with Crippen LogP contribution in [0.1, 0.15) is 29.4 Å². The number of aliphatic hydroxyl groups is 1. The number of aryl methyl sites for hydroxylation is 2. The second kappa shape index (κ2) is 5.51. The Morgan fingerprint density at radius 3 is 2.55 bits per heavy atom. The first kappa shape index (κ1) is 12.9. The fraction of sp³-hybridized carbons (Fsp3) is 0.222. The van der Waals surface area contributed by atoms with Crippen LogP contribution in [-0.4, -0.2) is 5.11 Å². The topological polar surface area (TPSA) is 33.4 Å². The predicted molar refractivity (Wildman–Crippen MR) is 80.7 cm³/mol. The maximum atomic E-state index is 10.2. The third-order valence-electron chi connectivity index (χ3n) is 3.60. The molecule has 0 aliphatic carbocycles. The molecule has 0 aliphatic rings. The highest BCUT2D eigenvalue weighted by Gasteiger charge is 2.13. The van der Waals surface area contributed by atoms with Crippen LogP contribution in [0.3, 0.4) is 0 Å². The monoisotopic (exact) mass is 266 g/mol. The molecule has 0 spiro atoms. The predicted octanol–water partition coefficient (Wildman–Crippen LogP) is 4.41. The smallest absolute Gasteiger partial charge is 0.134 e. The van der Waals surface area contributed by atoms with Crippen molar-refractivity contribution >= 4 is 11.0 Å². The van der Waals surface area contributed by atoms with Gasteiger partial charge in [-0.25, -0.2) is 0 Å². The Morgan fingerprint density at radius 2 is 1.80 bits per heavy atom. The summed E-state index contributed by atoms with van der Waals surface area (Å²) < 4.78 is 5.69. The fourth-order valence-corrected chi connectivity index (χ4v) is 2.37. The molecule has 0 radical (unpaired) electrons. The largest absolute Gasteiger partial charge is 0.458 e. The molecule has 0 saturated carbocycles. The van der Waals surface area contributed by atoms with Crippen LogP contribution in [0.5, 0.6) is 0 Å². The van der Waals surface area contributed by atoms with Crippen molar-refractivity contribution in [3.8, 4) is 0 Å². The van der Waals surface area contributed by atoms with E-state index >= 15 is 0 Å². The van der Waals surface area contributed by atoms with Crippen molar-refractivity contribution in [3.63, 3.8) is 0 Å². The van der Waals surface area contributed by atoms with Crippen molar-refractivity contribution in [2.75, 3.05) is 0 Å². The first-order valence-electron chi connectivity index (χ1n) is 6.94. The van der Waals surface area contributed by atoms with E-state index in [4.69, 9.17) is 4.42 Å². The molecule has 1 N–H and O–H groups in total. The molecular weight excluding hydrogens is 248 g/mol. The standard InChI is InChI=1S/C18H18O2/c1-13-6-8-14(9-7-13)10-11-16(19)18-12-15-4-2-3-5-17(15)20-18/h2-9,12,16,19H,10-11H2,1H3. The van der Waals surface area contributed by atoms with Crippen LogP contribution < -0.4 is 0 Å².